The molecule has 0 amide bonds. The van der Waals surface area contributed by atoms with E-state index in [-0.39, 0.29) is 12.0 Å². The Morgan fingerprint density at radius 2 is 2.08 bits per heavy atom. The summed E-state index contributed by atoms with van der Waals surface area (Å²) in [6.45, 7) is 7.60. The van der Waals surface area contributed by atoms with E-state index in [1.165, 1.54) is 0 Å². The van der Waals surface area contributed by atoms with Gasteiger partial charge in [0.25, 0.3) is 0 Å². The predicted octanol–water partition coefficient (Wildman–Crippen LogP) is 2.46. The van der Waals surface area contributed by atoms with Crippen molar-refractivity contribution in [2.24, 2.45) is 11.3 Å². The zero-order valence-corrected chi connectivity index (χ0v) is 9.47. The maximum atomic E-state index is 9.35. The van der Waals surface area contributed by atoms with Gasteiger partial charge < -0.3 is 9.84 Å². The van der Waals surface area contributed by atoms with E-state index >= 15 is 0 Å². The SMILES string of the molecule is CCCC(C)(CO)C(C)CCOC. The molecule has 0 bridgehead atoms. The normalized spacial score (nSPS) is 18.2. The second-order valence-corrected chi connectivity index (χ2v) is 4.24. The summed E-state index contributed by atoms with van der Waals surface area (Å²) in [6.07, 6.45) is 3.26. The molecule has 0 aromatic carbocycles. The minimum absolute atomic E-state index is 0.0767. The van der Waals surface area contributed by atoms with E-state index in [1.807, 2.05) is 0 Å². The van der Waals surface area contributed by atoms with E-state index in [0.29, 0.717) is 5.92 Å². The Kier molecular flexibility index (Phi) is 6.35. The lowest BCUT2D eigenvalue weighted by Crippen LogP contribution is -2.30. The van der Waals surface area contributed by atoms with E-state index in [9.17, 15) is 5.11 Å². The largest absolute Gasteiger partial charge is 0.396 e. The van der Waals surface area contributed by atoms with E-state index < -0.39 is 0 Å². The Morgan fingerprint density at radius 1 is 1.46 bits per heavy atom. The summed E-state index contributed by atoms with van der Waals surface area (Å²) in [5.74, 6) is 0.525. The highest BCUT2D eigenvalue weighted by Gasteiger charge is 2.28. The molecule has 0 radical (unpaired) electrons. The third-order valence-electron chi connectivity index (χ3n) is 3.13. The lowest BCUT2D eigenvalue weighted by molar-refractivity contribution is 0.0560. The number of hydrogen-bond acceptors (Lipinski definition) is 2. The highest BCUT2D eigenvalue weighted by atomic mass is 16.5. The number of rotatable bonds is 7. The van der Waals surface area contributed by atoms with Crippen molar-refractivity contribution in [3.63, 3.8) is 0 Å². The molecule has 0 aromatic rings. The quantitative estimate of drug-likeness (QED) is 0.665. The molecule has 0 rings (SSSR count). The molecule has 0 saturated heterocycles. The summed E-state index contributed by atoms with van der Waals surface area (Å²) in [5, 5.41) is 9.35. The van der Waals surface area contributed by atoms with Crippen LogP contribution in [0.15, 0.2) is 0 Å². The van der Waals surface area contributed by atoms with Crippen LogP contribution in [0.2, 0.25) is 0 Å². The van der Waals surface area contributed by atoms with E-state index in [0.717, 1.165) is 25.9 Å². The van der Waals surface area contributed by atoms with Gasteiger partial charge in [0.1, 0.15) is 0 Å². The monoisotopic (exact) mass is 188 g/mol. The highest BCUT2D eigenvalue weighted by Crippen LogP contribution is 2.33. The Morgan fingerprint density at radius 3 is 2.46 bits per heavy atom. The first-order valence-electron chi connectivity index (χ1n) is 5.20. The maximum absolute atomic E-state index is 9.35. The first kappa shape index (κ1) is 12.9. The third kappa shape index (κ3) is 4.10. The molecule has 2 nitrogen and oxygen atoms in total. The van der Waals surface area contributed by atoms with Gasteiger partial charge in [0, 0.05) is 20.3 Å². The predicted molar refractivity (Wildman–Crippen MR) is 55.8 cm³/mol. The topological polar surface area (TPSA) is 29.5 Å². The molecule has 0 aromatic heterocycles. The van der Waals surface area contributed by atoms with Crippen molar-refractivity contribution < 1.29 is 9.84 Å². The number of aliphatic hydroxyl groups is 1. The summed E-state index contributed by atoms with van der Waals surface area (Å²) in [6, 6.07) is 0. The van der Waals surface area contributed by atoms with Crippen molar-refractivity contribution in [1.82, 2.24) is 0 Å². The van der Waals surface area contributed by atoms with Gasteiger partial charge in [0.2, 0.25) is 0 Å². The van der Waals surface area contributed by atoms with Gasteiger partial charge >= 0.3 is 0 Å². The molecule has 2 heteroatoms. The Hall–Kier alpha value is -0.0800. The van der Waals surface area contributed by atoms with Crippen LogP contribution in [-0.2, 0) is 4.74 Å². The fourth-order valence-corrected chi connectivity index (χ4v) is 1.70. The van der Waals surface area contributed by atoms with E-state index in [2.05, 4.69) is 20.8 Å². The van der Waals surface area contributed by atoms with Gasteiger partial charge in [-0.2, -0.15) is 0 Å². The molecule has 0 spiro atoms. The average molecular weight is 188 g/mol. The van der Waals surface area contributed by atoms with Gasteiger partial charge in [0.05, 0.1) is 0 Å². The highest BCUT2D eigenvalue weighted by molar-refractivity contribution is 4.78. The molecule has 0 fully saturated rings. The Bertz CT molecular complexity index is 125. The molecule has 1 N–H and O–H groups in total. The van der Waals surface area contributed by atoms with Crippen LogP contribution < -0.4 is 0 Å². The van der Waals surface area contributed by atoms with Crippen molar-refractivity contribution in [3.8, 4) is 0 Å². The van der Waals surface area contributed by atoms with Crippen molar-refractivity contribution in [1.29, 1.82) is 0 Å². The fraction of sp³-hybridized carbons (Fsp3) is 1.00. The van der Waals surface area contributed by atoms with Crippen LogP contribution in [-0.4, -0.2) is 25.4 Å². The number of hydrogen-bond donors (Lipinski definition) is 1. The second kappa shape index (κ2) is 6.39. The maximum Gasteiger partial charge on any atom is 0.0487 e. The lowest BCUT2D eigenvalue weighted by atomic mass is 9.74. The summed E-state index contributed by atoms with van der Waals surface area (Å²) in [5.41, 5.74) is 0.0767. The van der Waals surface area contributed by atoms with Gasteiger partial charge in [-0.15, -0.1) is 0 Å². The lowest BCUT2D eigenvalue weighted by Gasteiger charge is -2.33. The smallest absolute Gasteiger partial charge is 0.0487 e. The van der Waals surface area contributed by atoms with Crippen LogP contribution in [0.25, 0.3) is 0 Å². The van der Waals surface area contributed by atoms with Crippen molar-refractivity contribution in [2.75, 3.05) is 20.3 Å². The molecule has 2 unspecified atom stereocenters. The van der Waals surface area contributed by atoms with E-state index in [4.69, 9.17) is 4.74 Å². The molecule has 2 atom stereocenters. The van der Waals surface area contributed by atoms with Gasteiger partial charge in [0.15, 0.2) is 0 Å². The molecule has 0 saturated carbocycles. The van der Waals surface area contributed by atoms with E-state index in [1.54, 1.807) is 7.11 Å². The first-order chi connectivity index (χ1) is 6.10. The van der Waals surface area contributed by atoms with Crippen LogP contribution >= 0.6 is 0 Å². The van der Waals surface area contributed by atoms with Crippen LogP contribution in [0.4, 0.5) is 0 Å². The van der Waals surface area contributed by atoms with Crippen LogP contribution in [0.1, 0.15) is 40.0 Å². The van der Waals surface area contributed by atoms with Gasteiger partial charge in [-0.1, -0.05) is 27.2 Å². The summed E-state index contributed by atoms with van der Waals surface area (Å²) in [7, 11) is 1.73. The summed E-state index contributed by atoms with van der Waals surface area (Å²) < 4.78 is 5.05. The minimum atomic E-state index is 0.0767. The van der Waals surface area contributed by atoms with Crippen LogP contribution in [0, 0.1) is 11.3 Å². The molecular weight excluding hydrogens is 164 g/mol. The van der Waals surface area contributed by atoms with Gasteiger partial charge in [-0.05, 0) is 24.2 Å². The van der Waals surface area contributed by atoms with Crippen LogP contribution in [0.5, 0.6) is 0 Å². The number of aliphatic hydroxyl groups excluding tert-OH is 1. The van der Waals surface area contributed by atoms with Crippen molar-refractivity contribution in [2.45, 2.75) is 40.0 Å². The number of ether oxygens (including phenoxy) is 1. The first-order valence-corrected chi connectivity index (χ1v) is 5.20. The zero-order valence-electron chi connectivity index (χ0n) is 9.47. The third-order valence-corrected chi connectivity index (χ3v) is 3.13. The number of methoxy groups -OCH3 is 1. The molecule has 0 aliphatic rings. The van der Waals surface area contributed by atoms with Crippen molar-refractivity contribution >= 4 is 0 Å². The molecule has 0 aliphatic heterocycles. The second-order valence-electron chi connectivity index (χ2n) is 4.24. The molecule has 13 heavy (non-hydrogen) atoms. The molecular formula is C11H24O2. The molecule has 0 aliphatic carbocycles. The van der Waals surface area contributed by atoms with Crippen molar-refractivity contribution in [3.05, 3.63) is 0 Å². The fourth-order valence-electron chi connectivity index (χ4n) is 1.70. The van der Waals surface area contributed by atoms with Gasteiger partial charge in [-0.3, -0.25) is 0 Å². The molecule has 0 heterocycles. The van der Waals surface area contributed by atoms with Crippen LogP contribution in [0.3, 0.4) is 0 Å². The average Bonchev–Trinajstić information content (AvgIpc) is 2.14. The summed E-state index contributed by atoms with van der Waals surface area (Å²) >= 11 is 0. The zero-order chi connectivity index (χ0) is 10.3. The summed E-state index contributed by atoms with van der Waals surface area (Å²) in [4.78, 5) is 0. The van der Waals surface area contributed by atoms with Gasteiger partial charge in [-0.25, -0.2) is 0 Å². The Labute approximate surface area is 82.3 Å². The molecule has 80 valence electrons. The standard InChI is InChI=1S/C11H24O2/c1-5-7-11(3,9-12)10(2)6-8-13-4/h10,12H,5-9H2,1-4H3. The minimum Gasteiger partial charge on any atom is -0.396 e. The Balaban J connectivity index is 4.03.